The van der Waals surface area contributed by atoms with Gasteiger partial charge in [0.25, 0.3) is 0 Å². The zero-order valence-corrected chi connectivity index (χ0v) is 10.4. The van der Waals surface area contributed by atoms with Crippen molar-refractivity contribution in [1.82, 2.24) is 0 Å². The lowest BCUT2D eigenvalue weighted by Gasteiger charge is -2.15. The summed E-state index contributed by atoms with van der Waals surface area (Å²) in [6, 6.07) is 5.16. The minimum Gasteiger partial charge on any atom is -0.493 e. The summed E-state index contributed by atoms with van der Waals surface area (Å²) >= 11 is 0. The third-order valence-electron chi connectivity index (χ3n) is 2.97. The second-order valence-electron chi connectivity index (χ2n) is 4.26. The summed E-state index contributed by atoms with van der Waals surface area (Å²) in [6.07, 6.45) is 4.74. The predicted molar refractivity (Wildman–Crippen MR) is 65.5 cm³/mol. The number of rotatable bonds is 6. The van der Waals surface area contributed by atoms with Crippen molar-refractivity contribution in [3.8, 4) is 5.75 Å². The highest BCUT2D eigenvalue weighted by Gasteiger charge is 2.14. The number of halogens is 1. The molecule has 0 saturated heterocycles. The number of benzene rings is 1. The molecule has 0 radical (unpaired) electrons. The number of unbranched alkanes of at least 4 members (excludes halogenated alkanes) is 2. The van der Waals surface area contributed by atoms with E-state index < -0.39 is 0 Å². The molecule has 0 aromatic heterocycles. The molecular formula is C14H21FO. The normalized spacial score (nSPS) is 12.5. The van der Waals surface area contributed by atoms with Crippen molar-refractivity contribution in [3.63, 3.8) is 0 Å². The fourth-order valence-electron chi connectivity index (χ4n) is 1.98. The van der Waals surface area contributed by atoms with E-state index in [0.717, 1.165) is 12.0 Å². The van der Waals surface area contributed by atoms with Crippen LogP contribution in [0.4, 0.5) is 4.39 Å². The summed E-state index contributed by atoms with van der Waals surface area (Å²) in [4.78, 5) is 0. The van der Waals surface area contributed by atoms with Crippen molar-refractivity contribution in [2.75, 3.05) is 7.11 Å². The Hall–Kier alpha value is -1.05. The summed E-state index contributed by atoms with van der Waals surface area (Å²) in [5.41, 5.74) is 0.985. The largest absolute Gasteiger partial charge is 0.493 e. The second-order valence-corrected chi connectivity index (χ2v) is 4.26. The molecule has 0 aliphatic rings. The quantitative estimate of drug-likeness (QED) is 0.646. The van der Waals surface area contributed by atoms with Crippen molar-refractivity contribution in [2.45, 2.75) is 45.4 Å². The van der Waals surface area contributed by atoms with Crippen LogP contribution in [-0.4, -0.2) is 7.11 Å². The summed E-state index contributed by atoms with van der Waals surface area (Å²) in [5, 5.41) is 0. The molecule has 0 bridgehead atoms. The molecule has 0 heterocycles. The number of methoxy groups -OCH3 is 1. The van der Waals surface area contributed by atoms with E-state index in [-0.39, 0.29) is 5.82 Å². The van der Waals surface area contributed by atoms with Gasteiger partial charge in [0.15, 0.2) is 11.6 Å². The molecule has 0 amide bonds. The Morgan fingerprint density at radius 3 is 2.69 bits per heavy atom. The van der Waals surface area contributed by atoms with Gasteiger partial charge in [-0.3, -0.25) is 0 Å². The molecule has 1 nitrogen and oxygen atoms in total. The molecule has 1 unspecified atom stereocenters. The standard InChI is InChI=1S/C14H21FO/c1-4-5-6-8-11(2)12-9-7-10-13(15)14(12)16-3/h7,9-11H,4-6,8H2,1-3H3. The smallest absolute Gasteiger partial charge is 0.165 e. The van der Waals surface area contributed by atoms with Crippen molar-refractivity contribution >= 4 is 0 Å². The number of hydrogen-bond donors (Lipinski definition) is 0. The molecule has 1 aromatic carbocycles. The average molecular weight is 224 g/mol. The molecule has 90 valence electrons. The van der Waals surface area contributed by atoms with Gasteiger partial charge in [-0.15, -0.1) is 0 Å². The molecule has 2 heteroatoms. The van der Waals surface area contributed by atoms with Crippen LogP contribution in [0, 0.1) is 5.82 Å². The maximum Gasteiger partial charge on any atom is 0.165 e. The second kappa shape index (κ2) is 6.51. The summed E-state index contributed by atoms with van der Waals surface area (Å²) in [6.45, 7) is 4.32. The van der Waals surface area contributed by atoms with Crippen LogP contribution in [0.3, 0.4) is 0 Å². The van der Waals surface area contributed by atoms with Crippen molar-refractivity contribution in [1.29, 1.82) is 0 Å². The SMILES string of the molecule is CCCCCC(C)c1cccc(F)c1OC. The minimum atomic E-state index is -0.262. The van der Waals surface area contributed by atoms with Crippen molar-refractivity contribution < 1.29 is 9.13 Å². The van der Waals surface area contributed by atoms with E-state index in [1.54, 1.807) is 6.07 Å². The lowest BCUT2D eigenvalue weighted by Crippen LogP contribution is -2.00. The first-order valence-electron chi connectivity index (χ1n) is 6.03. The van der Waals surface area contributed by atoms with Crippen molar-refractivity contribution in [3.05, 3.63) is 29.6 Å². The first-order valence-corrected chi connectivity index (χ1v) is 6.03. The number of ether oxygens (including phenoxy) is 1. The Morgan fingerprint density at radius 2 is 2.06 bits per heavy atom. The first-order chi connectivity index (χ1) is 7.70. The lowest BCUT2D eigenvalue weighted by molar-refractivity contribution is 0.377. The summed E-state index contributed by atoms with van der Waals surface area (Å²) < 4.78 is 18.6. The van der Waals surface area contributed by atoms with Crippen LogP contribution >= 0.6 is 0 Å². The molecule has 16 heavy (non-hydrogen) atoms. The van der Waals surface area contributed by atoms with Crippen LogP contribution in [0.25, 0.3) is 0 Å². The van der Waals surface area contributed by atoms with Crippen LogP contribution in [0.2, 0.25) is 0 Å². The van der Waals surface area contributed by atoms with Crippen LogP contribution in [0.15, 0.2) is 18.2 Å². The van der Waals surface area contributed by atoms with Gasteiger partial charge in [0.1, 0.15) is 0 Å². The molecule has 1 aromatic rings. The summed E-state index contributed by atoms with van der Waals surface area (Å²) in [7, 11) is 1.53. The van der Waals surface area contributed by atoms with Crippen LogP contribution in [0.1, 0.15) is 51.0 Å². The van der Waals surface area contributed by atoms with E-state index in [9.17, 15) is 4.39 Å². The minimum absolute atomic E-state index is 0.262. The zero-order valence-electron chi connectivity index (χ0n) is 10.4. The number of para-hydroxylation sites is 1. The van der Waals surface area contributed by atoms with E-state index in [1.807, 2.05) is 6.07 Å². The van der Waals surface area contributed by atoms with E-state index in [0.29, 0.717) is 11.7 Å². The molecule has 1 atom stereocenters. The van der Waals surface area contributed by atoms with Gasteiger partial charge in [-0.2, -0.15) is 0 Å². The van der Waals surface area contributed by atoms with E-state index in [4.69, 9.17) is 4.74 Å². The number of hydrogen-bond acceptors (Lipinski definition) is 1. The maximum atomic E-state index is 13.5. The molecule has 0 aliphatic carbocycles. The van der Waals surface area contributed by atoms with E-state index >= 15 is 0 Å². The molecule has 0 N–H and O–H groups in total. The molecule has 0 spiro atoms. The third-order valence-corrected chi connectivity index (χ3v) is 2.97. The van der Waals surface area contributed by atoms with Gasteiger partial charge in [0.05, 0.1) is 7.11 Å². The lowest BCUT2D eigenvalue weighted by atomic mass is 9.94. The molecule has 0 saturated carbocycles. The van der Waals surface area contributed by atoms with Gasteiger partial charge in [-0.25, -0.2) is 4.39 Å². The Morgan fingerprint density at radius 1 is 1.31 bits per heavy atom. The molecule has 1 rings (SSSR count). The fourth-order valence-corrected chi connectivity index (χ4v) is 1.98. The third kappa shape index (κ3) is 3.22. The highest BCUT2D eigenvalue weighted by Crippen LogP contribution is 2.31. The van der Waals surface area contributed by atoms with E-state index in [2.05, 4.69) is 13.8 Å². The Balaban J connectivity index is 2.74. The van der Waals surface area contributed by atoms with Gasteiger partial charge in [-0.1, -0.05) is 45.2 Å². The molecular weight excluding hydrogens is 203 g/mol. The van der Waals surface area contributed by atoms with Gasteiger partial charge < -0.3 is 4.74 Å². The average Bonchev–Trinajstić information content (AvgIpc) is 2.29. The fraction of sp³-hybridized carbons (Fsp3) is 0.571. The highest BCUT2D eigenvalue weighted by atomic mass is 19.1. The van der Waals surface area contributed by atoms with Gasteiger partial charge in [0, 0.05) is 0 Å². The summed E-state index contributed by atoms with van der Waals surface area (Å²) in [5.74, 6) is 0.506. The maximum absolute atomic E-state index is 13.5. The topological polar surface area (TPSA) is 9.23 Å². The monoisotopic (exact) mass is 224 g/mol. The Kier molecular flexibility index (Phi) is 5.30. The zero-order chi connectivity index (χ0) is 12.0. The van der Waals surface area contributed by atoms with Crippen LogP contribution < -0.4 is 4.74 Å². The van der Waals surface area contributed by atoms with Gasteiger partial charge in [0.2, 0.25) is 0 Å². The highest BCUT2D eigenvalue weighted by molar-refractivity contribution is 5.37. The van der Waals surface area contributed by atoms with E-state index in [1.165, 1.54) is 32.4 Å². The van der Waals surface area contributed by atoms with Gasteiger partial charge in [-0.05, 0) is 24.0 Å². The van der Waals surface area contributed by atoms with Crippen LogP contribution in [-0.2, 0) is 0 Å². The predicted octanol–water partition coefficient (Wildman–Crippen LogP) is 4.52. The van der Waals surface area contributed by atoms with Crippen molar-refractivity contribution in [2.24, 2.45) is 0 Å². The van der Waals surface area contributed by atoms with Gasteiger partial charge >= 0.3 is 0 Å². The first kappa shape index (κ1) is 13.0. The Bertz CT molecular complexity index is 323. The molecule has 0 fully saturated rings. The molecule has 0 aliphatic heterocycles. The Labute approximate surface area is 97.6 Å². The van der Waals surface area contributed by atoms with Crippen LogP contribution in [0.5, 0.6) is 5.75 Å².